The average Bonchev–Trinajstić information content (AvgIpc) is 3.30. The molecule has 4 heterocycles. The first kappa shape index (κ1) is 14.3. The summed E-state index contributed by atoms with van der Waals surface area (Å²) in [6.07, 6.45) is 7.53. The SMILES string of the molecule is Cc1noc([C@@H]2CCCN(c3ncnc4sc5c(c34)CCC5)C2)n1. The maximum atomic E-state index is 5.42. The second kappa shape index (κ2) is 5.51. The minimum Gasteiger partial charge on any atom is -0.355 e. The molecule has 24 heavy (non-hydrogen) atoms. The zero-order valence-electron chi connectivity index (χ0n) is 13.7. The van der Waals surface area contributed by atoms with Crippen molar-refractivity contribution in [3.63, 3.8) is 0 Å². The maximum absolute atomic E-state index is 5.42. The van der Waals surface area contributed by atoms with E-state index in [1.807, 2.05) is 18.3 Å². The van der Waals surface area contributed by atoms with Gasteiger partial charge in [-0.15, -0.1) is 11.3 Å². The number of fused-ring (bicyclic) bond motifs is 3. The highest BCUT2D eigenvalue weighted by atomic mass is 32.1. The Morgan fingerprint density at radius 1 is 1.25 bits per heavy atom. The molecule has 1 atom stereocenters. The Morgan fingerprint density at radius 2 is 2.21 bits per heavy atom. The minimum atomic E-state index is 0.289. The molecule has 6 nitrogen and oxygen atoms in total. The van der Waals surface area contributed by atoms with Crippen LogP contribution < -0.4 is 4.90 Å². The van der Waals surface area contributed by atoms with Crippen molar-refractivity contribution in [1.29, 1.82) is 0 Å². The van der Waals surface area contributed by atoms with Gasteiger partial charge in [-0.1, -0.05) is 5.16 Å². The third-order valence-corrected chi connectivity index (χ3v) is 6.29. The lowest BCUT2D eigenvalue weighted by atomic mass is 9.97. The van der Waals surface area contributed by atoms with Crippen molar-refractivity contribution in [2.75, 3.05) is 18.0 Å². The van der Waals surface area contributed by atoms with Crippen molar-refractivity contribution in [2.45, 2.75) is 44.9 Å². The number of aryl methyl sites for hydroxylation is 3. The molecule has 1 fully saturated rings. The van der Waals surface area contributed by atoms with Crippen molar-refractivity contribution < 1.29 is 4.52 Å². The van der Waals surface area contributed by atoms with Gasteiger partial charge in [-0.3, -0.25) is 0 Å². The number of thiophene rings is 1. The Labute approximate surface area is 143 Å². The van der Waals surface area contributed by atoms with Gasteiger partial charge in [-0.05, 0) is 44.6 Å². The molecule has 0 N–H and O–H groups in total. The monoisotopic (exact) mass is 341 g/mol. The van der Waals surface area contributed by atoms with E-state index in [0.717, 1.165) is 48.9 Å². The van der Waals surface area contributed by atoms with Gasteiger partial charge in [-0.25, -0.2) is 9.97 Å². The van der Waals surface area contributed by atoms with Crippen LogP contribution in [0.15, 0.2) is 10.9 Å². The Morgan fingerprint density at radius 3 is 3.08 bits per heavy atom. The van der Waals surface area contributed by atoms with Crippen LogP contribution >= 0.6 is 11.3 Å². The zero-order valence-corrected chi connectivity index (χ0v) is 14.5. The van der Waals surface area contributed by atoms with Gasteiger partial charge in [0.25, 0.3) is 0 Å². The standard InChI is InChI=1S/C17H19N5OS/c1-10-20-16(23-21-10)11-4-3-7-22(8-11)15-14-12-5-2-6-13(12)24-17(14)19-9-18-15/h9,11H,2-8H2,1H3/t11-/m1/s1. The molecule has 1 saturated heterocycles. The zero-order chi connectivity index (χ0) is 16.1. The summed E-state index contributed by atoms with van der Waals surface area (Å²) in [6, 6.07) is 0. The van der Waals surface area contributed by atoms with E-state index >= 15 is 0 Å². The van der Waals surface area contributed by atoms with Crippen molar-refractivity contribution in [3.05, 3.63) is 28.5 Å². The Bertz CT molecular complexity index is 902. The van der Waals surface area contributed by atoms with Crippen LogP contribution in [-0.2, 0) is 12.8 Å². The van der Waals surface area contributed by atoms with Crippen LogP contribution in [0.1, 0.15) is 47.3 Å². The third kappa shape index (κ3) is 2.22. The fourth-order valence-corrected chi connectivity index (χ4v) is 5.23. The number of aromatic nitrogens is 4. The molecule has 5 rings (SSSR count). The van der Waals surface area contributed by atoms with Crippen LogP contribution in [0.4, 0.5) is 5.82 Å². The first-order chi connectivity index (χ1) is 11.8. The van der Waals surface area contributed by atoms with E-state index in [9.17, 15) is 0 Å². The lowest BCUT2D eigenvalue weighted by Crippen LogP contribution is -2.35. The quantitative estimate of drug-likeness (QED) is 0.713. The fraction of sp³-hybridized carbons (Fsp3) is 0.529. The number of anilines is 1. The van der Waals surface area contributed by atoms with E-state index in [1.54, 1.807) is 6.33 Å². The van der Waals surface area contributed by atoms with Crippen LogP contribution in [0.5, 0.6) is 0 Å². The molecule has 0 saturated carbocycles. The third-order valence-electron chi connectivity index (χ3n) is 5.09. The summed E-state index contributed by atoms with van der Waals surface area (Å²) in [5.74, 6) is 2.86. The molecule has 0 aromatic carbocycles. The molecule has 124 valence electrons. The highest BCUT2D eigenvalue weighted by molar-refractivity contribution is 7.19. The molecule has 2 aliphatic rings. The lowest BCUT2D eigenvalue weighted by Gasteiger charge is -2.32. The van der Waals surface area contributed by atoms with Crippen LogP contribution in [0.25, 0.3) is 10.2 Å². The largest absolute Gasteiger partial charge is 0.355 e. The maximum Gasteiger partial charge on any atom is 0.231 e. The lowest BCUT2D eigenvalue weighted by molar-refractivity contribution is 0.331. The number of hydrogen-bond donors (Lipinski definition) is 0. The van der Waals surface area contributed by atoms with E-state index in [4.69, 9.17) is 4.52 Å². The van der Waals surface area contributed by atoms with Gasteiger partial charge in [0.1, 0.15) is 17.0 Å². The predicted molar refractivity (Wildman–Crippen MR) is 92.7 cm³/mol. The average molecular weight is 341 g/mol. The summed E-state index contributed by atoms with van der Waals surface area (Å²) < 4.78 is 5.42. The molecule has 0 unspecified atom stereocenters. The molecule has 1 aliphatic heterocycles. The molecule has 3 aromatic rings. The summed E-state index contributed by atoms with van der Waals surface area (Å²) in [7, 11) is 0. The van der Waals surface area contributed by atoms with Gasteiger partial charge >= 0.3 is 0 Å². The first-order valence-electron chi connectivity index (χ1n) is 8.60. The van der Waals surface area contributed by atoms with Crippen molar-refractivity contribution in [2.24, 2.45) is 0 Å². The predicted octanol–water partition coefficient (Wildman–Crippen LogP) is 3.26. The molecule has 7 heteroatoms. The minimum absolute atomic E-state index is 0.289. The van der Waals surface area contributed by atoms with Crippen molar-refractivity contribution in [3.8, 4) is 0 Å². The van der Waals surface area contributed by atoms with Crippen molar-refractivity contribution in [1.82, 2.24) is 20.1 Å². The normalized spacial score (nSPS) is 20.7. The van der Waals surface area contributed by atoms with Gasteiger partial charge in [-0.2, -0.15) is 4.98 Å². The smallest absolute Gasteiger partial charge is 0.231 e. The summed E-state index contributed by atoms with van der Waals surface area (Å²) in [5.41, 5.74) is 1.49. The van der Waals surface area contributed by atoms with E-state index in [-0.39, 0.29) is 5.92 Å². The van der Waals surface area contributed by atoms with Gasteiger partial charge in [0.15, 0.2) is 5.82 Å². The summed E-state index contributed by atoms with van der Waals surface area (Å²) in [5, 5.41) is 5.24. The molecule has 0 amide bonds. The first-order valence-corrected chi connectivity index (χ1v) is 9.41. The van der Waals surface area contributed by atoms with Gasteiger partial charge < -0.3 is 9.42 Å². The topological polar surface area (TPSA) is 67.9 Å². The van der Waals surface area contributed by atoms with Gasteiger partial charge in [0.05, 0.1) is 11.3 Å². The Balaban J connectivity index is 1.53. The Hall–Kier alpha value is -2.02. The van der Waals surface area contributed by atoms with Gasteiger partial charge in [0.2, 0.25) is 5.89 Å². The second-order valence-corrected chi connectivity index (χ2v) is 7.78. The number of rotatable bonds is 2. The fourth-order valence-electron chi connectivity index (χ4n) is 4.00. The number of hydrogen-bond acceptors (Lipinski definition) is 7. The molecular formula is C17H19N5OS. The van der Waals surface area contributed by atoms with E-state index < -0.39 is 0 Å². The highest BCUT2D eigenvalue weighted by Gasteiger charge is 2.29. The molecule has 0 spiro atoms. The number of nitrogens with zero attached hydrogens (tertiary/aromatic N) is 5. The second-order valence-electron chi connectivity index (χ2n) is 6.70. The molecule has 1 aliphatic carbocycles. The van der Waals surface area contributed by atoms with Crippen LogP contribution in [0, 0.1) is 6.92 Å². The van der Waals surface area contributed by atoms with E-state index in [0.29, 0.717) is 5.82 Å². The van der Waals surface area contributed by atoms with E-state index in [1.165, 1.54) is 28.7 Å². The Kier molecular flexibility index (Phi) is 3.29. The van der Waals surface area contributed by atoms with Gasteiger partial charge in [0, 0.05) is 18.0 Å². The molecule has 0 radical (unpaired) electrons. The van der Waals surface area contributed by atoms with E-state index in [2.05, 4.69) is 25.0 Å². The van der Waals surface area contributed by atoms with Crippen LogP contribution in [0.3, 0.4) is 0 Å². The molecule has 0 bridgehead atoms. The van der Waals surface area contributed by atoms with Crippen LogP contribution in [0.2, 0.25) is 0 Å². The summed E-state index contributed by atoms with van der Waals surface area (Å²) in [6.45, 7) is 3.79. The number of piperidine rings is 1. The molecule has 3 aromatic heterocycles. The highest BCUT2D eigenvalue weighted by Crippen LogP contribution is 2.41. The summed E-state index contributed by atoms with van der Waals surface area (Å²) in [4.78, 5) is 18.7. The van der Waals surface area contributed by atoms with Crippen LogP contribution in [-0.4, -0.2) is 33.2 Å². The van der Waals surface area contributed by atoms with Crippen molar-refractivity contribution >= 4 is 27.4 Å². The summed E-state index contributed by atoms with van der Waals surface area (Å²) >= 11 is 1.85. The molecular weight excluding hydrogens is 322 g/mol.